The molecule has 110 valence electrons. The minimum absolute atomic E-state index is 0.291. The fourth-order valence-electron chi connectivity index (χ4n) is 1.87. The van der Waals surface area contributed by atoms with E-state index in [2.05, 4.69) is 10.6 Å². The molecule has 0 saturated heterocycles. The summed E-state index contributed by atoms with van der Waals surface area (Å²) in [6.07, 6.45) is 0. The number of methoxy groups -OCH3 is 1. The van der Waals surface area contributed by atoms with Crippen molar-refractivity contribution < 1.29 is 9.53 Å². The average Bonchev–Trinajstić information content (AvgIpc) is 2.49. The Labute approximate surface area is 129 Å². The summed E-state index contributed by atoms with van der Waals surface area (Å²) in [7, 11) is 1.60. The topological polar surface area (TPSA) is 50.4 Å². The second-order valence-corrected chi connectivity index (χ2v) is 4.99. The molecule has 4 nitrogen and oxygen atoms in total. The zero-order valence-electron chi connectivity index (χ0n) is 11.9. The number of rotatable bonds is 4. The van der Waals surface area contributed by atoms with Gasteiger partial charge in [-0.05, 0) is 30.7 Å². The van der Waals surface area contributed by atoms with E-state index in [4.69, 9.17) is 16.3 Å². The highest BCUT2D eigenvalue weighted by molar-refractivity contribution is 6.31. The first-order valence-corrected chi connectivity index (χ1v) is 6.91. The number of hydrogen-bond acceptors (Lipinski definition) is 2. The summed E-state index contributed by atoms with van der Waals surface area (Å²) in [5.74, 6) is 0.746. The molecule has 5 heteroatoms. The smallest absolute Gasteiger partial charge is 0.319 e. The third kappa shape index (κ3) is 4.13. The van der Waals surface area contributed by atoms with E-state index in [1.807, 2.05) is 43.3 Å². The molecular weight excluding hydrogens is 288 g/mol. The van der Waals surface area contributed by atoms with Crippen LogP contribution in [0.2, 0.25) is 5.02 Å². The maximum atomic E-state index is 11.9. The summed E-state index contributed by atoms with van der Waals surface area (Å²) in [6.45, 7) is 2.29. The van der Waals surface area contributed by atoms with Gasteiger partial charge in [0, 0.05) is 22.8 Å². The van der Waals surface area contributed by atoms with E-state index in [9.17, 15) is 4.79 Å². The van der Waals surface area contributed by atoms with Gasteiger partial charge in [-0.3, -0.25) is 0 Å². The maximum absolute atomic E-state index is 11.9. The van der Waals surface area contributed by atoms with Crippen molar-refractivity contribution in [2.75, 3.05) is 12.4 Å². The van der Waals surface area contributed by atoms with Crippen LogP contribution < -0.4 is 15.4 Å². The number of anilines is 1. The molecule has 0 aliphatic carbocycles. The fraction of sp³-hybridized carbons (Fsp3) is 0.188. The number of ether oxygens (including phenoxy) is 1. The molecule has 2 aromatic carbocycles. The zero-order chi connectivity index (χ0) is 15.2. The van der Waals surface area contributed by atoms with Crippen LogP contribution in [0.1, 0.15) is 11.1 Å². The molecule has 2 aromatic rings. The van der Waals surface area contributed by atoms with E-state index in [1.165, 1.54) is 0 Å². The van der Waals surface area contributed by atoms with E-state index >= 15 is 0 Å². The van der Waals surface area contributed by atoms with Gasteiger partial charge in [-0.15, -0.1) is 0 Å². The van der Waals surface area contributed by atoms with Gasteiger partial charge >= 0.3 is 6.03 Å². The number of halogens is 1. The normalized spacial score (nSPS) is 10.0. The summed E-state index contributed by atoms with van der Waals surface area (Å²) in [4.78, 5) is 11.9. The predicted octanol–water partition coefficient (Wildman–Crippen LogP) is 3.98. The lowest BCUT2D eigenvalue weighted by atomic mass is 10.2. The summed E-state index contributed by atoms with van der Waals surface area (Å²) in [5, 5.41) is 6.15. The molecule has 0 unspecified atom stereocenters. The number of para-hydroxylation sites is 1. The third-order valence-electron chi connectivity index (χ3n) is 3.06. The Hall–Kier alpha value is -2.20. The molecule has 0 aliphatic heterocycles. The summed E-state index contributed by atoms with van der Waals surface area (Å²) in [6, 6.07) is 12.6. The van der Waals surface area contributed by atoms with Gasteiger partial charge in [-0.2, -0.15) is 0 Å². The van der Waals surface area contributed by atoms with E-state index < -0.39 is 0 Å². The third-order valence-corrected chi connectivity index (χ3v) is 3.47. The van der Waals surface area contributed by atoms with E-state index in [1.54, 1.807) is 13.2 Å². The average molecular weight is 305 g/mol. The predicted molar refractivity (Wildman–Crippen MR) is 85.0 cm³/mol. The summed E-state index contributed by atoms with van der Waals surface area (Å²) < 4.78 is 5.24. The minimum atomic E-state index is -0.291. The SMILES string of the molecule is COc1ccccc1CNC(=O)Nc1ccc(C)c(Cl)c1. The molecule has 2 rings (SSSR count). The first kappa shape index (κ1) is 15.2. The van der Waals surface area contributed by atoms with E-state index in [0.29, 0.717) is 17.3 Å². The fourth-order valence-corrected chi connectivity index (χ4v) is 2.05. The molecule has 0 spiro atoms. The number of hydrogen-bond donors (Lipinski definition) is 2. The highest BCUT2D eigenvalue weighted by atomic mass is 35.5. The van der Waals surface area contributed by atoms with E-state index in [0.717, 1.165) is 16.9 Å². The Morgan fingerprint density at radius 1 is 1.24 bits per heavy atom. The Kier molecular flexibility index (Phi) is 5.06. The Bertz CT molecular complexity index is 644. The summed E-state index contributed by atoms with van der Waals surface area (Å²) >= 11 is 6.02. The largest absolute Gasteiger partial charge is 0.496 e. The molecular formula is C16H17ClN2O2. The van der Waals surface area contributed by atoms with Gasteiger partial charge in [-0.1, -0.05) is 35.9 Å². The van der Waals surface area contributed by atoms with Crippen molar-refractivity contribution in [2.45, 2.75) is 13.5 Å². The van der Waals surface area contributed by atoms with Crippen LogP contribution in [0.4, 0.5) is 10.5 Å². The number of nitrogens with one attached hydrogen (secondary N) is 2. The van der Waals surface area contributed by atoms with Gasteiger partial charge in [0.1, 0.15) is 5.75 Å². The van der Waals surface area contributed by atoms with E-state index in [-0.39, 0.29) is 6.03 Å². The molecule has 0 heterocycles. The molecule has 0 fully saturated rings. The second kappa shape index (κ2) is 6.99. The highest BCUT2D eigenvalue weighted by Crippen LogP contribution is 2.20. The molecule has 2 N–H and O–H groups in total. The number of amides is 2. The van der Waals surface area contributed by atoms with Crippen LogP contribution >= 0.6 is 11.6 Å². The van der Waals surface area contributed by atoms with Crippen LogP contribution in [0.5, 0.6) is 5.75 Å². The Morgan fingerprint density at radius 3 is 2.71 bits per heavy atom. The minimum Gasteiger partial charge on any atom is -0.496 e. The lowest BCUT2D eigenvalue weighted by Crippen LogP contribution is -2.28. The number of benzene rings is 2. The van der Waals surface area contributed by atoms with Crippen molar-refractivity contribution in [3.8, 4) is 5.75 Å². The van der Waals surface area contributed by atoms with Crippen LogP contribution in [0, 0.1) is 6.92 Å². The lowest BCUT2D eigenvalue weighted by Gasteiger charge is -2.11. The molecule has 0 saturated carbocycles. The van der Waals surface area contributed by atoms with Crippen molar-refractivity contribution in [3.05, 3.63) is 58.6 Å². The molecule has 0 bridgehead atoms. The number of aryl methyl sites for hydroxylation is 1. The number of carbonyl (C=O) groups excluding carboxylic acids is 1. The van der Waals surface area contributed by atoms with Crippen LogP contribution in [-0.2, 0) is 6.54 Å². The first-order chi connectivity index (χ1) is 10.1. The first-order valence-electron chi connectivity index (χ1n) is 6.53. The molecule has 2 amide bonds. The maximum Gasteiger partial charge on any atom is 0.319 e. The quantitative estimate of drug-likeness (QED) is 0.897. The second-order valence-electron chi connectivity index (χ2n) is 4.58. The lowest BCUT2D eigenvalue weighted by molar-refractivity contribution is 0.251. The van der Waals surface area contributed by atoms with Gasteiger partial charge < -0.3 is 15.4 Å². The van der Waals surface area contributed by atoms with Gasteiger partial charge in [-0.25, -0.2) is 4.79 Å². The van der Waals surface area contributed by atoms with Crippen molar-refractivity contribution in [3.63, 3.8) is 0 Å². The molecule has 0 aliphatic rings. The zero-order valence-corrected chi connectivity index (χ0v) is 12.7. The number of carbonyl (C=O) groups is 1. The van der Waals surface area contributed by atoms with Crippen LogP contribution in [0.25, 0.3) is 0 Å². The van der Waals surface area contributed by atoms with Gasteiger partial charge in [0.15, 0.2) is 0 Å². The van der Waals surface area contributed by atoms with Gasteiger partial charge in [0.05, 0.1) is 7.11 Å². The van der Waals surface area contributed by atoms with Crippen LogP contribution in [0.3, 0.4) is 0 Å². The molecule has 0 radical (unpaired) electrons. The van der Waals surface area contributed by atoms with Gasteiger partial charge in [0.2, 0.25) is 0 Å². The Balaban J connectivity index is 1.94. The Morgan fingerprint density at radius 2 is 2.00 bits per heavy atom. The molecule has 21 heavy (non-hydrogen) atoms. The molecule has 0 aromatic heterocycles. The van der Waals surface area contributed by atoms with Crippen LogP contribution in [0.15, 0.2) is 42.5 Å². The van der Waals surface area contributed by atoms with Crippen molar-refractivity contribution >= 4 is 23.3 Å². The van der Waals surface area contributed by atoms with Crippen molar-refractivity contribution in [1.82, 2.24) is 5.32 Å². The van der Waals surface area contributed by atoms with Gasteiger partial charge in [0.25, 0.3) is 0 Å². The monoisotopic (exact) mass is 304 g/mol. The number of urea groups is 1. The van der Waals surface area contributed by atoms with Crippen molar-refractivity contribution in [1.29, 1.82) is 0 Å². The standard InChI is InChI=1S/C16H17ClN2O2/c1-11-7-8-13(9-14(11)17)19-16(20)18-10-12-5-3-4-6-15(12)21-2/h3-9H,10H2,1-2H3,(H2,18,19,20). The highest BCUT2D eigenvalue weighted by Gasteiger charge is 2.06. The summed E-state index contributed by atoms with van der Waals surface area (Å²) in [5.41, 5.74) is 2.54. The molecule has 0 atom stereocenters. The van der Waals surface area contributed by atoms with Crippen molar-refractivity contribution in [2.24, 2.45) is 0 Å². The van der Waals surface area contributed by atoms with Crippen LogP contribution in [-0.4, -0.2) is 13.1 Å².